The molecule has 1 aromatic carbocycles. The third-order valence-corrected chi connectivity index (χ3v) is 4.63. The fraction of sp³-hybridized carbons (Fsp3) is 0.278. The second-order valence-corrected chi connectivity index (χ2v) is 6.95. The molecular formula is C18H20N4OS. The van der Waals surface area contributed by atoms with E-state index in [0.717, 1.165) is 39.6 Å². The molecule has 0 aliphatic heterocycles. The molecular weight excluding hydrogens is 320 g/mol. The summed E-state index contributed by atoms with van der Waals surface area (Å²) in [4.78, 5) is 26.9. The van der Waals surface area contributed by atoms with Crippen LogP contribution in [-0.2, 0) is 11.2 Å². The highest BCUT2D eigenvalue weighted by Crippen LogP contribution is 2.13. The molecule has 0 saturated carbocycles. The van der Waals surface area contributed by atoms with Crippen LogP contribution in [-0.4, -0.2) is 39.4 Å². The van der Waals surface area contributed by atoms with E-state index in [0.29, 0.717) is 6.54 Å². The first-order chi connectivity index (χ1) is 11.6. The van der Waals surface area contributed by atoms with E-state index in [1.54, 1.807) is 28.5 Å². The number of fused-ring (bicyclic) bond motifs is 1. The number of amides is 1. The highest BCUT2D eigenvalue weighted by Gasteiger charge is 2.07. The van der Waals surface area contributed by atoms with Gasteiger partial charge >= 0.3 is 0 Å². The summed E-state index contributed by atoms with van der Waals surface area (Å²) < 4.78 is 0. The number of thiazole rings is 1. The number of rotatable bonds is 6. The maximum atomic E-state index is 12.1. The van der Waals surface area contributed by atoms with Gasteiger partial charge in [-0.15, -0.1) is 11.3 Å². The van der Waals surface area contributed by atoms with Crippen molar-refractivity contribution >= 4 is 34.4 Å². The van der Waals surface area contributed by atoms with E-state index < -0.39 is 0 Å². The molecule has 0 spiro atoms. The summed E-state index contributed by atoms with van der Waals surface area (Å²) in [6.07, 6.45) is 6.90. The molecule has 6 heteroatoms. The van der Waals surface area contributed by atoms with Crippen molar-refractivity contribution in [3.05, 3.63) is 52.2 Å². The van der Waals surface area contributed by atoms with Gasteiger partial charge < -0.3 is 9.88 Å². The first-order valence-corrected chi connectivity index (χ1v) is 8.73. The number of hydrogen-bond acceptors (Lipinski definition) is 4. The number of likely N-dealkylation sites (N-methyl/N-ethyl adjacent to an activating group) is 1. The van der Waals surface area contributed by atoms with Gasteiger partial charge in [0, 0.05) is 37.2 Å². The van der Waals surface area contributed by atoms with Crippen molar-refractivity contribution in [3.8, 4) is 0 Å². The number of nitrogens with one attached hydrogen (secondary N) is 1. The molecule has 0 bridgehead atoms. The van der Waals surface area contributed by atoms with Crippen LogP contribution in [0.25, 0.3) is 17.1 Å². The molecule has 0 aliphatic rings. The Hall–Kier alpha value is -2.47. The lowest BCUT2D eigenvalue weighted by molar-refractivity contribution is -0.124. The Bertz CT molecular complexity index is 832. The van der Waals surface area contributed by atoms with E-state index in [1.165, 1.54) is 0 Å². The molecule has 0 radical (unpaired) electrons. The number of imidazole rings is 1. The molecule has 0 atom stereocenters. The van der Waals surface area contributed by atoms with E-state index in [2.05, 4.69) is 15.0 Å². The summed E-state index contributed by atoms with van der Waals surface area (Å²) in [6.45, 7) is 2.65. The zero-order valence-corrected chi connectivity index (χ0v) is 14.6. The summed E-state index contributed by atoms with van der Waals surface area (Å²) in [5, 5.41) is 1.00. The van der Waals surface area contributed by atoms with Gasteiger partial charge in [0.05, 0.1) is 16.0 Å². The maximum Gasteiger partial charge on any atom is 0.246 e. The Labute approximate surface area is 145 Å². The summed E-state index contributed by atoms with van der Waals surface area (Å²) >= 11 is 1.58. The lowest BCUT2D eigenvalue weighted by atomic mass is 10.3. The molecule has 0 aliphatic carbocycles. The molecule has 0 saturated heterocycles. The zero-order valence-electron chi connectivity index (χ0n) is 13.8. The molecule has 2 heterocycles. The van der Waals surface area contributed by atoms with Crippen LogP contribution in [0.2, 0.25) is 0 Å². The normalized spacial score (nSPS) is 11.4. The summed E-state index contributed by atoms with van der Waals surface area (Å²) in [6, 6.07) is 7.99. The van der Waals surface area contributed by atoms with Crippen LogP contribution in [0.3, 0.4) is 0 Å². The van der Waals surface area contributed by atoms with Gasteiger partial charge in [-0.25, -0.2) is 9.97 Å². The van der Waals surface area contributed by atoms with Gasteiger partial charge in [0.25, 0.3) is 0 Å². The van der Waals surface area contributed by atoms with E-state index in [-0.39, 0.29) is 5.91 Å². The standard InChI is InChI=1S/C18H20N4OS/c1-13-19-12-14(24-13)9-10-18(23)22(2)11-5-8-17-20-15-6-3-4-7-16(15)21-17/h3-4,6-7,9-10,12H,5,8,11H2,1-2H3,(H,20,21)/b10-9-. The highest BCUT2D eigenvalue weighted by molar-refractivity contribution is 7.12. The number of carbonyl (C=O) groups excluding carboxylic acids is 1. The van der Waals surface area contributed by atoms with Gasteiger partial charge in [-0.3, -0.25) is 4.79 Å². The van der Waals surface area contributed by atoms with Gasteiger partial charge in [-0.05, 0) is 31.6 Å². The van der Waals surface area contributed by atoms with E-state index in [9.17, 15) is 4.79 Å². The van der Waals surface area contributed by atoms with Crippen LogP contribution in [0, 0.1) is 6.92 Å². The number of benzene rings is 1. The quantitative estimate of drug-likeness (QED) is 0.699. The molecule has 1 N–H and O–H groups in total. The lowest BCUT2D eigenvalue weighted by Crippen LogP contribution is -2.26. The Morgan fingerprint density at radius 2 is 2.21 bits per heavy atom. The average Bonchev–Trinajstić information content (AvgIpc) is 3.17. The first kappa shape index (κ1) is 16.4. The van der Waals surface area contributed by atoms with E-state index in [4.69, 9.17) is 0 Å². The average molecular weight is 340 g/mol. The molecule has 2 aromatic heterocycles. The number of para-hydroxylation sites is 2. The molecule has 3 rings (SSSR count). The molecule has 124 valence electrons. The summed E-state index contributed by atoms with van der Waals surface area (Å²) in [5.74, 6) is 0.971. The van der Waals surface area contributed by atoms with Gasteiger partial charge in [0.15, 0.2) is 0 Å². The van der Waals surface area contributed by atoms with E-state index >= 15 is 0 Å². The third-order valence-electron chi connectivity index (χ3n) is 3.75. The topological polar surface area (TPSA) is 61.9 Å². The van der Waals surface area contributed by atoms with Crippen molar-refractivity contribution in [2.45, 2.75) is 19.8 Å². The number of aromatic nitrogens is 3. The van der Waals surface area contributed by atoms with E-state index in [1.807, 2.05) is 44.3 Å². The monoisotopic (exact) mass is 340 g/mol. The van der Waals surface area contributed by atoms with Crippen molar-refractivity contribution in [2.24, 2.45) is 0 Å². The Kier molecular flexibility index (Phi) is 5.05. The van der Waals surface area contributed by atoms with Crippen molar-refractivity contribution in [1.82, 2.24) is 19.9 Å². The van der Waals surface area contributed by atoms with Gasteiger partial charge in [-0.1, -0.05) is 12.1 Å². The van der Waals surface area contributed by atoms with Gasteiger partial charge in [-0.2, -0.15) is 0 Å². The minimum atomic E-state index is 0.00524. The van der Waals surface area contributed by atoms with Crippen molar-refractivity contribution < 1.29 is 4.79 Å². The Balaban J connectivity index is 1.48. The molecule has 0 fully saturated rings. The van der Waals surface area contributed by atoms with Crippen LogP contribution >= 0.6 is 11.3 Å². The fourth-order valence-electron chi connectivity index (χ4n) is 2.45. The van der Waals surface area contributed by atoms with Crippen molar-refractivity contribution in [3.63, 3.8) is 0 Å². The molecule has 24 heavy (non-hydrogen) atoms. The first-order valence-electron chi connectivity index (χ1n) is 7.91. The summed E-state index contributed by atoms with van der Waals surface area (Å²) in [5.41, 5.74) is 2.04. The van der Waals surface area contributed by atoms with Crippen LogP contribution in [0.5, 0.6) is 0 Å². The van der Waals surface area contributed by atoms with Crippen molar-refractivity contribution in [2.75, 3.05) is 13.6 Å². The number of nitrogens with zero attached hydrogens (tertiary/aromatic N) is 3. The predicted molar refractivity (Wildman–Crippen MR) is 97.9 cm³/mol. The minimum absolute atomic E-state index is 0.00524. The molecule has 1 amide bonds. The lowest BCUT2D eigenvalue weighted by Gasteiger charge is -2.14. The number of H-pyrrole nitrogens is 1. The number of aryl methyl sites for hydroxylation is 2. The Morgan fingerprint density at radius 1 is 1.38 bits per heavy atom. The highest BCUT2D eigenvalue weighted by atomic mass is 32.1. The summed E-state index contributed by atoms with van der Waals surface area (Å²) in [7, 11) is 1.82. The number of aromatic amines is 1. The van der Waals surface area contributed by atoms with Crippen LogP contribution in [0.1, 0.15) is 22.1 Å². The maximum absolute atomic E-state index is 12.1. The predicted octanol–water partition coefficient (Wildman–Crippen LogP) is 3.43. The zero-order chi connectivity index (χ0) is 16.9. The fourth-order valence-corrected chi connectivity index (χ4v) is 3.14. The third kappa shape index (κ3) is 4.08. The smallest absolute Gasteiger partial charge is 0.246 e. The van der Waals surface area contributed by atoms with Crippen molar-refractivity contribution in [1.29, 1.82) is 0 Å². The number of hydrogen-bond donors (Lipinski definition) is 1. The van der Waals surface area contributed by atoms with Gasteiger partial charge in [0.2, 0.25) is 5.91 Å². The largest absolute Gasteiger partial charge is 0.342 e. The van der Waals surface area contributed by atoms with Crippen LogP contribution < -0.4 is 0 Å². The van der Waals surface area contributed by atoms with Gasteiger partial charge in [0.1, 0.15) is 5.82 Å². The van der Waals surface area contributed by atoms with Crippen LogP contribution in [0.4, 0.5) is 0 Å². The molecule has 0 unspecified atom stereocenters. The minimum Gasteiger partial charge on any atom is -0.342 e. The Morgan fingerprint density at radius 3 is 2.96 bits per heavy atom. The van der Waals surface area contributed by atoms with Crippen LogP contribution in [0.15, 0.2) is 36.5 Å². The molecule has 5 nitrogen and oxygen atoms in total. The molecule has 3 aromatic rings. The second-order valence-electron chi connectivity index (χ2n) is 5.68. The number of carbonyl (C=O) groups is 1. The second kappa shape index (κ2) is 7.40. The SMILES string of the molecule is Cc1ncc(/C=C\C(=O)N(C)CCCc2nc3ccccc3[nH]2)s1.